The number of carboxylic acid groups (broad SMARTS) is 1. The van der Waals surface area contributed by atoms with Gasteiger partial charge in [0.25, 0.3) is 11.6 Å². The van der Waals surface area contributed by atoms with E-state index in [9.17, 15) is 60.0 Å². The third kappa shape index (κ3) is 6.35. The van der Waals surface area contributed by atoms with Gasteiger partial charge in [-0.25, -0.2) is 9.59 Å². The molecular formula is C22H34N2O16. The number of cyclic esters (lactones) is 1. The highest BCUT2D eigenvalue weighted by molar-refractivity contribution is 5.79. The normalized spacial score (nSPS) is 40.4. The lowest BCUT2D eigenvalue weighted by atomic mass is 9.87. The Morgan fingerprint density at radius 1 is 0.950 bits per heavy atom. The standard InChI is InChI=1S/C22H34N2O16/c1-7(26)23-13-9(28)3-21(36,19(33)34)39-18(13)16(32)12-6-37-20(35)22(38-12)4-10(29)14(24-8(2)27)17(40-22)15(31)11(30)5-25/h9-18,25,28-32,36H,3-6H2,1-2H3,(H,23,26)(H,24,27)(H,33,34)/t9-,10-,11+,12+,13+,14+,15+,16+,17+,18+,21-,22+/m0/s1. The summed E-state index contributed by atoms with van der Waals surface area (Å²) in [6, 6.07) is -2.88. The fraction of sp³-hybridized carbons (Fsp3) is 0.818. The fourth-order valence-electron chi connectivity index (χ4n) is 4.98. The molecule has 0 aliphatic carbocycles. The van der Waals surface area contributed by atoms with E-state index in [0.717, 1.165) is 13.8 Å². The summed E-state index contributed by atoms with van der Waals surface area (Å²) in [5.41, 5.74) is 0. The molecule has 12 atom stereocenters. The molecule has 3 rings (SSSR count). The summed E-state index contributed by atoms with van der Waals surface area (Å²) in [7, 11) is 0. The molecule has 18 heteroatoms. The van der Waals surface area contributed by atoms with E-state index in [1.54, 1.807) is 0 Å². The SMILES string of the molecule is CC(=O)N[C@H]1[C@H]([C@H](O)[C@H](O)CO)O[C@@]2(C[C@@H]1O)O[C@@H]([C@@H](O)[C@@H]1O[C@](O)(C(=O)O)C[C@H](O)[C@H]1NC(C)=O)COC2=O. The van der Waals surface area contributed by atoms with E-state index in [1.165, 1.54) is 0 Å². The van der Waals surface area contributed by atoms with Crippen LogP contribution in [0.25, 0.3) is 0 Å². The summed E-state index contributed by atoms with van der Waals surface area (Å²) in [4.78, 5) is 47.9. The van der Waals surface area contributed by atoms with Gasteiger partial charge in [0.2, 0.25) is 11.8 Å². The van der Waals surface area contributed by atoms with Gasteiger partial charge in [-0.15, -0.1) is 0 Å². The quantitative estimate of drug-likeness (QED) is 0.119. The minimum absolute atomic E-state index is 0.678. The van der Waals surface area contributed by atoms with E-state index >= 15 is 0 Å². The van der Waals surface area contributed by atoms with Crippen molar-refractivity contribution in [1.29, 1.82) is 0 Å². The molecule has 1 spiro atoms. The monoisotopic (exact) mass is 582 g/mol. The van der Waals surface area contributed by atoms with Gasteiger partial charge >= 0.3 is 11.9 Å². The maximum absolute atomic E-state index is 12.9. The van der Waals surface area contributed by atoms with E-state index in [-0.39, 0.29) is 0 Å². The van der Waals surface area contributed by atoms with Gasteiger partial charge in [-0.2, -0.15) is 0 Å². The molecule has 2 amide bonds. The van der Waals surface area contributed by atoms with E-state index in [1.807, 2.05) is 0 Å². The number of hydrogen-bond acceptors (Lipinski definition) is 15. The van der Waals surface area contributed by atoms with Gasteiger partial charge in [0.1, 0.15) is 43.2 Å². The van der Waals surface area contributed by atoms with Crippen LogP contribution in [0.15, 0.2) is 0 Å². The van der Waals surface area contributed by atoms with E-state index in [0.29, 0.717) is 0 Å². The molecular weight excluding hydrogens is 548 g/mol. The molecule has 0 unspecified atom stereocenters. The molecule has 3 aliphatic heterocycles. The summed E-state index contributed by atoms with van der Waals surface area (Å²) >= 11 is 0. The first-order valence-corrected chi connectivity index (χ1v) is 12.3. The minimum atomic E-state index is -2.98. The van der Waals surface area contributed by atoms with Gasteiger partial charge < -0.3 is 70.4 Å². The molecule has 0 bridgehead atoms. The molecule has 3 saturated heterocycles. The minimum Gasteiger partial charge on any atom is -0.477 e. The Balaban J connectivity index is 1.94. The number of aliphatic carboxylic acids is 1. The second kappa shape index (κ2) is 12.1. The number of hydrogen-bond donors (Lipinski definition) is 10. The van der Waals surface area contributed by atoms with Crippen molar-refractivity contribution in [1.82, 2.24) is 10.6 Å². The first-order chi connectivity index (χ1) is 18.5. The molecule has 3 aliphatic rings. The van der Waals surface area contributed by atoms with Crippen LogP contribution in [0.3, 0.4) is 0 Å². The van der Waals surface area contributed by atoms with E-state index in [2.05, 4.69) is 10.6 Å². The highest BCUT2D eigenvalue weighted by Crippen LogP contribution is 2.39. The molecule has 3 fully saturated rings. The number of carbonyl (C=O) groups excluding carboxylic acids is 3. The van der Waals surface area contributed by atoms with Crippen molar-refractivity contribution in [3.63, 3.8) is 0 Å². The molecule has 0 aromatic carbocycles. The van der Waals surface area contributed by atoms with Gasteiger partial charge in [0.15, 0.2) is 0 Å². The number of carbonyl (C=O) groups is 4. The van der Waals surface area contributed by atoms with Crippen LogP contribution in [0.5, 0.6) is 0 Å². The molecule has 0 aromatic rings. The Morgan fingerprint density at radius 2 is 1.50 bits per heavy atom. The number of aliphatic hydroxyl groups is 7. The number of esters is 1. The van der Waals surface area contributed by atoms with Crippen molar-refractivity contribution in [2.24, 2.45) is 0 Å². The number of nitrogens with one attached hydrogen (secondary N) is 2. The van der Waals surface area contributed by atoms with Crippen molar-refractivity contribution in [2.45, 2.75) is 99.2 Å². The van der Waals surface area contributed by atoms with Crippen LogP contribution < -0.4 is 10.6 Å². The van der Waals surface area contributed by atoms with Crippen LogP contribution >= 0.6 is 0 Å². The zero-order chi connectivity index (χ0) is 30.2. The third-order valence-electron chi connectivity index (χ3n) is 6.90. The van der Waals surface area contributed by atoms with Crippen LogP contribution in [0.2, 0.25) is 0 Å². The number of carboxylic acids is 1. The number of aliphatic hydroxyl groups excluding tert-OH is 6. The van der Waals surface area contributed by atoms with Crippen LogP contribution in [0.1, 0.15) is 26.7 Å². The molecule has 0 radical (unpaired) electrons. The van der Waals surface area contributed by atoms with Gasteiger partial charge in [-0.05, 0) is 0 Å². The first-order valence-electron chi connectivity index (χ1n) is 12.3. The van der Waals surface area contributed by atoms with Gasteiger partial charge in [0, 0.05) is 26.7 Å². The van der Waals surface area contributed by atoms with Crippen LogP contribution in [0, 0.1) is 0 Å². The van der Waals surface area contributed by atoms with E-state index < -0.39 is 122 Å². The zero-order valence-corrected chi connectivity index (χ0v) is 21.4. The molecule has 10 N–H and O–H groups in total. The zero-order valence-electron chi connectivity index (χ0n) is 21.4. The van der Waals surface area contributed by atoms with Crippen molar-refractivity contribution in [3.05, 3.63) is 0 Å². The topological polar surface area (TPSA) is 291 Å². The summed E-state index contributed by atoms with van der Waals surface area (Å²) in [5, 5.41) is 86.6. The van der Waals surface area contributed by atoms with E-state index in [4.69, 9.17) is 18.9 Å². The number of amides is 2. The smallest absolute Gasteiger partial charge is 0.367 e. The second-order valence-electron chi connectivity index (χ2n) is 9.99. The number of ether oxygens (including phenoxy) is 4. The lowest BCUT2D eigenvalue weighted by Gasteiger charge is -2.51. The summed E-state index contributed by atoms with van der Waals surface area (Å²) < 4.78 is 21.6. The van der Waals surface area contributed by atoms with Crippen LogP contribution in [0.4, 0.5) is 0 Å². The maximum Gasteiger partial charge on any atom is 0.367 e. The predicted octanol–water partition coefficient (Wildman–Crippen LogP) is -6.22. The summed E-state index contributed by atoms with van der Waals surface area (Å²) in [6.45, 7) is 0.471. The first kappa shape index (κ1) is 32.0. The Kier molecular flexibility index (Phi) is 9.72. The van der Waals surface area contributed by atoms with Crippen molar-refractivity contribution in [2.75, 3.05) is 13.2 Å². The number of rotatable bonds is 8. The average Bonchev–Trinajstić information content (AvgIpc) is 2.87. The molecule has 0 saturated carbocycles. The largest absolute Gasteiger partial charge is 0.477 e. The fourth-order valence-corrected chi connectivity index (χ4v) is 4.98. The van der Waals surface area contributed by atoms with Gasteiger partial charge in [-0.3, -0.25) is 9.59 Å². The highest BCUT2D eigenvalue weighted by atomic mass is 16.8. The van der Waals surface area contributed by atoms with Crippen molar-refractivity contribution in [3.8, 4) is 0 Å². The molecule has 3 heterocycles. The van der Waals surface area contributed by atoms with Crippen LogP contribution in [-0.4, -0.2) is 150 Å². The van der Waals surface area contributed by atoms with Crippen molar-refractivity contribution < 1.29 is 79.0 Å². The Labute approximate surface area is 226 Å². The molecule has 18 nitrogen and oxygen atoms in total. The molecule has 228 valence electrons. The van der Waals surface area contributed by atoms with Gasteiger partial charge in [-0.1, -0.05) is 0 Å². The Bertz CT molecular complexity index is 982. The Hall–Kier alpha value is -2.52. The van der Waals surface area contributed by atoms with Gasteiger partial charge in [0.05, 0.1) is 30.9 Å². The Morgan fingerprint density at radius 3 is 2.02 bits per heavy atom. The second-order valence-corrected chi connectivity index (χ2v) is 9.99. The lowest BCUT2D eigenvalue weighted by Crippen LogP contribution is -2.72. The highest BCUT2D eigenvalue weighted by Gasteiger charge is 2.61. The van der Waals surface area contributed by atoms with Crippen molar-refractivity contribution >= 4 is 23.8 Å². The lowest BCUT2D eigenvalue weighted by molar-refractivity contribution is -0.358. The third-order valence-corrected chi connectivity index (χ3v) is 6.90. The maximum atomic E-state index is 12.9. The molecule has 0 aromatic heterocycles. The van der Waals surface area contributed by atoms with Crippen LogP contribution in [-0.2, 0) is 38.1 Å². The summed E-state index contributed by atoms with van der Waals surface area (Å²) in [5.74, 6) is -10.1. The summed E-state index contributed by atoms with van der Waals surface area (Å²) in [6.07, 6.45) is -16.2. The average molecular weight is 583 g/mol. The molecule has 40 heavy (non-hydrogen) atoms. The predicted molar refractivity (Wildman–Crippen MR) is 122 cm³/mol.